The minimum Gasteiger partial charge on any atom is -0.370 e. The summed E-state index contributed by atoms with van der Waals surface area (Å²) < 4.78 is 5.73. The number of amides is 1. The molecule has 3 nitrogen and oxygen atoms in total. The average Bonchev–Trinajstić information content (AvgIpc) is 2.46. The van der Waals surface area contributed by atoms with E-state index >= 15 is 0 Å². The fourth-order valence-corrected chi connectivity index (χ4v) is 2.25. The summed E-state index contributed by atoms with van der Waals surface area (Å²) in [5.74, 6) is 0.720. The zero-order chi connectivity index (χ0) is 12.8. The summed E-state index contributed by atoms with van der Waals surface area (Å²) in [6, 6.07) is 10.0. The Balaban J connectivity index is 1.94. The highest BCUT2D eigenvalue weighted by Crippen LogP contribution is 2.22. The van der Waals surface area contributed by atoms with Gasteiger partial charge in [0.15, 0.2) is 0 Å². The molecule has 0 aliphatic carbocycles. The molecule has 18 heavy (non-hydrogen) atoms. The Morgan fingerprint density at radius 1 is 1.39 bits per heavy atom. The molecule has 1 heterocycles. The maximum Gasteiger partial charge on any atom is 0.222 e. The summed E-state index contributed by atoms with van der Waals surface area (Å²) >= 11 is 5.61. The number of morpholine rings is 1. The first kappa shape index (κ1) is 13.4. The van der Waals surface area contributed by atoms with E-state index in [1.165, 1.54) is 0 Å². The van der Waals surface area contributed by atoms with Crippen molar-refractivity contribution in [2.24, 2.45) is 0 Å². The molecule has 1 aromatic rings. The summed E-state index contributed by atoms with van der Waals surface area (Å²) in [6.07, 6.45) is 1.28. The van der Waals surface area contributed by atoms with Crippen LogP contribution in [0.15, 0.2) is 30.3 Å². The standard InChI is InChI=1S/C14H18ClNO2/c15-8-4-7-14(17)16-9-10-18-13(11-16)12-5-2-1-3-6-12/h1-3,5-6,13H,4,7-11H2. The topological polar surface area (TPSA) is 29.5 Å². The number of carbonyl (C=O) groups excluding carboxylic acids is 1. The molecule has 1 aliphatic heterocycles. The van der Waals surface area contributed by atoms with Crippen molar-refractivity contribution in [3.63, 3.8) is 0 Å². The van der Waals surface area contributed by atoms with Crippen LogP contribution in [0.4, 0.5) is 0 Å². The monoisotopic (exact) mass is 267 g/mol. The van der Waals surface area contributed by atoms with Crippen molar-refractivity contribution >= 4 is 17.5 Å². The first-order valence-electron chi connectivity index (χ1n) is 6.31. The smallest absolute Gasteiger partial charge is 0.222 e. The molecule has 0 N–H and O–H groups in total. The van der Waals surface area contributed by atoms with Crippen molar-refractivity contribution < 1.29 is 9.53 Å². The molecule has 0 bridgehead atoms. The van der Waals surface area contributed by atoms with Gasteiger partial charge in [0, 0.05) is 18.8 Å². The van der Waals surface area contributed by atoms with Crippen LogP contribution in [0.25, 0.3) is 0 Å². The fraction of sp³-hybridized carbons (Fsp3) is 0.500. The van der Waals surface area contributed by atoms with Crippen LogP contribution >= 0.6 is 11.6 Å². The number of alkyl halides is 1. The van der Waals surface area contributed by atoms with E-state index in [0.29, 0.717) is 32.0 Å². The molecule has 1 unspecified atom stereocenters. The molecule has 0 radical (unpaired) electrons. The minimum atomic E-state index is -0.0000912. The zero-order valence-electron chi connectivity index (χ0n) is 10.3. The van der Waals surface area contributed by atoms with Crippen molar-refractivity contribution in [2.45, 2.75) is 18.9 Å². The molecule has 1 aliphatic rings. The third-order valence-electron chi connectivity index (χ3n) is 3.11. The van der Waals surface area contributed by atoms with Gasteiger partial charge < -0.3 is 9.64 Å². The van der Waals surface area contributed by atoms with Gasteiger partial charge in [-0.2, -0.15) is 0 Å². The SMILES string of the molecule is O=C(CCCCl)N1CCOC(c2ccccc2)C1. The third kappa shape index (κ3) is 3.47. The second-order valence-corrected chi connectivity index (χ2v) is 4.78. The normalized spacial score (nSPS) is 19.8. The maximum atomic E-state index is 11.9. The molecule has 1 atom stereocenters. The van der Waals surface area contributed by atoms with Crippen molar-refractivity contribution in [3.8, 4) is 0 Å². The highest BCUT2D eigenvalue weighted by atomic mass is 35.5. The predicted molar refractivity (Wildman–Crippen MR) is 71.7 cm³/mol. The van der Waals surface area contributed by atoms with Gasteiger partial charge in [0.1, 0.15) is 6.10 Å². The number of hydrogen-bond acceptors (Lipinski definition) is 2. The fourth-order valence-electron chi connectivity index (χ4n) is 2.12. The lowest BCUT2D eigenvalue weighted by Gasteiger charge is -2.33. The molecular formula is C14H18ClNO2. The van der Waals surface area contributed by atoms with E-state index in [1.54, 1.807) is 0 Å². The Labute approximate surface area is 113 Å². The molecule has 98 valence electrons. The molecule has 0 saturated carbocycles. The number of ether oxygens (including phenoxy) is 1. The molecule has 2 rings (SSSR count). The molecule has 1 fully saturated rings. The quantitative estimate of drug-likeness (QED) is 0.785. The van der Waals surface area contributed by atoms with Crippen LogP contribution in [-0.4, -0.2) is 36.4 Å². The van der Waals surface area contributed by atoms with Crippen molar-refractivity contribution in [2.75, 3.05) is 25.6 Å². The maximum absolute atomic E-state index is 11.9. The highest BCUT2D eigenvalue weighted by Gasteiger charge is 2.24. The van der Waals surface area contributed by atoms with Crippen LogP contribution in [0.5, 0.6) is 0 Å². The van der Waals surface area contributed by atoms with Crippen molar-refractivity contribution in [1.82, 2.24) is 4.90 Å². The summed E-state index contributed by atoms with van der Waals surface area (Å²) in [7, 11) is 0. The number of nitrogens with zero attached hydrogens (tertiary/aromatic N) is 1. The van der Waals surface area contributed by atoms with Crippen LogP contribution in [0.3, 0.4) is 0 Å². The zero-order valence-corrected chi connectivity index (χ0v) is 11.1. The number of halogens is 1. The van der Waals surface area contributed by atoms with E-state index in [-0.39, 0.29) is 12.0 Å². The number of rotatable bonds is 4. The van der Waals surface area contributed by atoms with E-state index < -0.39 is 0 Å². The molecular weight excluding hydrogens is 250 g/mol. The molecule has 4 heteroatoms. The van der Waals surface area contributed by atoms with E-state index in [2.05, 4.69) is 0 Å². The summed E-state index contributed by atoms with van der Waals surface area (Å²) in [5.41, 5.74) is 1.13. The first-order chi connectivity index (χ1) is 8.81. The van der Waals surface area contributed by atoms with Gasteiger partial charge in [-0.1, -0.05) is 30.3 Å². The van der Waals surface area contributed by atoms with E-state index in [1.807, 2.05) is 35.2 Å². The number of carbonyl (C=O) groups is 1. The Bertz CT molecular complexity index is 383. The second kappa shape index (κ2) is 6.76. The molecule has 1 saturated heterocycles. The van der Waals surface area contributed by atoms with Gasteiger partial charge in [-0.15, -0.1) is 11.6 Å². The number of hydrogen-bond donors (Lipinski definition) is 0. The molecule has 0 aromatic heterocycles. The molecule has 0 spiro atoms. The largest absolute Gasteiger partial charge is 0.370 e. The lowest BCUT2D eigenvalue weighted by Crippen LogP contribution is -2.42. The average molecular weight is 268 g/mol. The first-order valence-corrected chi connectivity index (χ1v) is 6.85. The van der Waals surface area contributed by atoms with Crippen molar-refractivity contribution in [1.29, 1.82) is 0 Å². The summed E-state index contributed by atoms with van der Waals surface area (Å²) in [4.78, 5) is 13.8. The predicted octanol–water partition coefficient (Wildman–Crippen LogP) is 2.61. The van der Waals surface area contributed by atoms with Crippen molar-refractivity contribution in [3.05, 3.63) is 35.9 Å². The minimum absolute atomic E-state index is 0.0000912. The lowest BCUT2D eigenvalue weighted by molar-refractivity contribution is -0.139. The molecule has 1 aromatic carbocycles. The third-order valence-corrected chi connectivity index (χ3v) is 3.38. The Morgan fingerprint density at radius 3 is 2.89 bits per heavy atom. The molecule has 1 amide bonds. The Hall–Kier alpha value is -1.06. The van der Waals surface area contributed by atoms with Gasteiger partial charge >= 0.3 is 0 Å². The van der Waals surface area contributed by atoms with Gasteiger partial charge in [-0.25, -0.2) is 0 Å². The van der Waals surface area contributed by atoms with Gasteiger partial charge in [0.25, 0.3) is 0 Å². The lowest BCUT2D eigenvalue weighted by atomic mass is 10.1. The van der Waals surface area contributed by atoms with Crippen LogP contribution < -0.4 is 0 Å². The van der Waals surface area contributed by atoms with E-state index in [0.717, 1.165) is 12.0 Å². The van der Waals surface area contributed by atoms with Gasteiger partial charge in [-0.05, 0) is 12.0 Å². The Morgan fingerprint density at radius 2 is 2.17 bits per heavy atom. The van der Waals surface area contributed by atoms with Crippen LogP contribution in [0.1, 0.15) is 24.5 Å². The van der Waals surface area contributed by atoms with E-state index in [4.69, 9.17) is 16.3 Å². The second-order valence-electron chi connectivity index (χ2n) is 4.40. The Kier molecular flexibility index (Phi) is 5.02. The summed E-state index contributed by atoms with van der Waals surface area (Å²) in [5, 5.41) is 0. The van der Waals surface area contributed by atoms with E-state index in [9.17, 15) is 4.79 Å². The van der Waals surface area contributed by atoms with Gasteiger partial charge in [0.2, 0.25) is 5.91 Å². The van der Waals surface area contributed by atoms with Gasteiger partial charge in [-0.3, -0.25) is 4.79 Å². The summed E-state index contributed by atoms with van der Waals surface area (Å²) in [6.45, 7) is 1.93. The van der Waals surface area contributed by atoms with Crippen LogP contribution in [-0.2, 0) is 9.53 Å². The van der Waals surface area contributed by atoms with Crippen LogP contribution in [0, 0.1) is 0 Å². The van der Waals surface area contributed by atoms with Gasteiger partial charge in [0.05, 0.1) is 13.2 Å². The van der Waals surface area contributed by atoms with Crippen LogP contribution in [0.2, 0.25) is 0 Å². The number of benzene rings is 1. The highest BCUT2D eigenvalue weighted by molar-refractivity contribution is 6.17.